The van der Waals surface area contributed by atoms with Gasteiger partial charge in [0.15, 0.2) is 12.0 Å². The minimum Gasteiger partial charge on any atom is -0.387 e. The van der Waals surface area contributed by atoms with Gasteiger partial charge in [0.2, 0.25) is 0 Å². The fourth-order valence-corrected chi connectivity index (χ4v) is 5.75. The number of hydrogen-bond donors (Lipinski definition) is 3. The molecule has 3 N–H and O–H groups in total. The van der Waals surface area contributed by atoms with Crippen molar-refractivity contribution in [1.29, 1.82) is 0 Å². The maximum absolute atomic E-state index is 12.4. The smallest absolute Gasteiger partial charge is 0.387 e. The zero-order chi connectivity index (χ0) is 31.5. The fourth-order valence-electron chi connectivity index (χ4n) is 4.98. The van der Waals surface area contributed by atoms with E-state index in [0.717, 1.165) is 23.8 Å². The molecule has 1 saturated heterocycles. The molecule has 0 aromatic carbocycles. The zero-order valence-corrected chi connectivity index (χ0v) is 27.3. The van der Waals surface area contributed by atoms with Crippen LogP contribution in [0.1, 0.15) is 116 Å². The Morgan fingerprint density at radius 3 is 1.98 bits per heavy atom. The van der Waals surface area contributed by atoms with Crippen LogP contribution in [0, 0.1) is 0 Å². The lowest BCUT2D eigenvalue weighted by Gasteiger charge is -2.18. The molecule has 1 fully saturated rings. The molecule has 1 aliphatic rings. The Morgan fingerprint density at radius 1 is 0.930 bits per heavy atom. The number of phosphoric acid groups is 1. The first-order valence-corrected chi connectivity index (χ1v) is 17.6. The van der Waals surface area contributed by atoms with Crippen molar-refractivity contribution in [2.24, 2.45) is 4.99 Å². The highest BCUT2D eigenvalue weighted by Crippen LogP contribution is 2.44. The van der Waals surface area contributed by atoms with Crippen molar-refractivity contribution >= 4 is 20.0 Å². The van der Waals surface area contributed by atoms with Gasteiger partial charge in [-0.05, 0) is 12.5 Å². The Morgan fingerprint density at radius 2 is 1.47 bits per heavy atom. The molecule has 2 rings (SSSR count). The van der Waals surface area contributed by atoms with Gasteiger partial charge in [-0.1, -0.05) is 103 Å². The molecule has 12 nitrogen and oxygen atoms in total. The third-order valence-electron chi connectivity index (χ3n) is 7.50. The van der Waals surface area contributed by atoms with E-state index in [9.17, 15) is 24.5 Å². The van der Waals surface area contributed by atoms with Crippen LogP contribution in [-0.2, 0) is 18.3 Å². The van der Waals surface area contributed by atoms with Gasteiger partial charge in [0.25, 0.3) is 0 Å². The van der Waals surface area contributed by atoms with Crippen molar-refractivity contribution in [2.75, 3.05) is 27.3 Å². The molecule has 43 heavy (non-hydrogen) atoms. The molecule has 0 spiro atoms. The predicted octanol–water partition coefficient (Wildman–Crippen LogP) is 5.48. The number of phosphoric ester groups is 1. The Bertz CT molecular complexity index is 1020. The topological polar surface area (TPSA) is 156 Å². The van der Waals surface area contributed by atoms with Crippen LogP contribution in [0.5, 0.6) is 0 Å². The van der Waals surface area contributed by atoms with E-state index in [4.69, 9.17) is 13.8 Å². The molecule has 5 atom stereocenters. The van der Waals surface area contributed by atoms with Crippen LogP contribution >= 0.6 is 7.82 Å². The van der Waals surface area contributed by atoms with Gasteiger partial charge in [-0.3, -0.25) is 13.6 Å². The van der Waals surface area contributed by atoms with Gasteiger partial charge in [-0.2, -0.15) is 4.98 Å². The lowest BCUT2D eigenvalue weighted by molar-refractivity contribution is -0.0551. The van der Waals surface area contributed by atoms with E-state index >= 15 is 0 Å². The molecule has 0 saturated carbocycles. The highest BCUT2D eigenvalue weighted by Gasteiger charge is 2.45. The largest absolute Gasteiger partial charge is 0.472 e. The van der Waals surface area contributed by atoms with Crippen LogP contribution in [0.2, 0.25) is 0 Å². The van der Waals surface area contributed by atoms with Crippen molar-refractivity contribution in [3.05, 3.63) is 22.7 Å². The lowest BCUT2D eigenvalue weighted by atomic mass is 10.0. The van der Waals surface area contributed by atoms with Crippen LogP contribution in [-0.4, -0.2) is 81.5 Å². The Labute approximate surface area is 257 Å². The summed E-state index contributed by atoms with van der Waals surface area (Å²) in [5.74, 6) is 0.172. The summed E-state index contributed by atoms with van der Waals surface area (Å²) >= 11 is 0. The Kier molecular flexibility index (Phi) is 18.5. The van der Waals surface area contributed by atoms with E-state index in [-0.39, 0.29) is 12.4 Å². The summed E-state index contributed by atoms with van der Waals surface area (Å²) in [6.45, 7) is 1.83. The van der Waals surface area contributed by atoms with Gasteiger partial charge in [0, 0.05) is 20.3 Å². The van der Waals surface area contributed by atoms with Crippen LogP contribution in [0.25, 0.3) is 0 Å². The van der Waals surface area contributed by atoms with Crippen LogP contribution in [0.4, 0.5) is 5.82 Å². The molecule has 1 unspecified atom stereocenters. The van der Waals surface area contributed by atoms with E-state index < -0.39 is 44.7 Å². The number of rotatable bonds is 24. The van der Waals surface area contributed by atoms with Gasteiger partial charge < -0.3 is 24.7 Å². The molecule has 1 aromatic rings. The molecular formula is C30H55N4O8P. The molecule has 0 bridgehead atoms. The standard InChI is InChI=1S/C30H55N4O8P/c1-4-5-6-7-8-9-10-11-12-13-14-15-16-17-18-19-22-40-43(38,39)41-23-25-27(35)28(36)29(42-25)34-21-20-26(32-30(34)37)31-24-33(2)3/h20-21,24-25,27-29,35-36H,4-19,22-23H2,1-3H3,(H,38,39)/t25-,27-,28+,29-/m1/s1. The molecule has 0 radical (unpaired) electrons. The van der Waals surface area contributed by atoms with Gasteiger partial charge in [0.1, 0.15) is 18.3 Å². The third kappa shape index (κ3) is 15.3. The molecule has 0 amide bonds. The van der Waals surface area contributed by atoms with Crippen molar-refractivity contribution in [2.45, 2.75) is 134 Å². The number of hydrogen-bond acceptors (Lipinski definition) is 9. The molecular weight excluding hydrogens is 575 g/mol. The first kappa shape index (κ1) is 37.5. The van der Waals surface area contributed by atoms with Gasteiger partial charge in [0.05, 0.1) is 19.6 Å². The van der Waals surface area contributed by atoms with E-state index in [1.807, 2.05) is 0 Å². The number of aromatic nitrogens is 2. The average Bonchev–Trinajstić information content (AvgIpc) is 3.25. The molecule has 248 valence electrons. The number of aliphatic hydroxyl groups excluding tert-OH is 2. The SMILES string of the molecule is CCCCCCCCCCCCCCCCCCOP(=O)(O)OC[C@H]1O[C@@H](n2ccc(N=CN(C)C)nc2=O)[C@@H](O)[C@@H]1O. The molecule has 0 aliphatic carbocycles. The van der Waals surface area contributed by atoms with Crippen LogP contribution < -0.4 is 5.69 Å². The Hall–Kier alpha value is -1.66. The van der Waals surface area contributed by atoms with Crippen molar-refractivity contribution in [3.8, 4) is 0 Å². The minimum atomic E-state index is -4.38. The van der Waals surface area contributed by atoms with Crippen LogP contribution in [0.3, 0.4) is 0 Å². The summed E-state index contributed by atoms with van der Waals surface area (Å²) in [5, 5.41) is 20.8. The van der Waals surface area contributed by atoms with Crippen LogP contribution in [0.15, 0.2) is 22.1 Å². The number of ether oxygens (including phenoxy) is 1. The van der Waals surface area contributed by atoms with E-state index in [1.54, 1.807) is 19.0 Å². The monoisotopic (exact) mass is 630 g/mol. The summed E-state index contributed by atoms with van der Waals surface area (Å²) in [6.07, 6.45) is 17.3. The predicted molar refractivity (Wildman–Crippen MR) is 168 cm³/mol. The van der Waals surface area contributed by atoms with Crippen molar-refractivity contribution < 1.29 is 33.5 Å². The third-order valence-corrected chi connectivity index (χ3v) is 8.49. The number of unbranched alkanes of at least 4 members (excludes halogenated alkanes) is 15. The molecule has 1 aliphatic heterocycles. The first-order valence-electron chi connectivity index (χ1n) is 16.1. The van der Waals surface area contributed by atoms with Gasteiger partial charge in [-0.25, -0.2) is 14.4 Å². The average molecular weight is 631 g/mol. The maximum atomic E-state index is 12.4. The number of nitrogens with zero attached hydrogens (tertiary/aromatic N) is 4. The van der Waals surface area contributed by atoms with E-state index in [1.165, 1.54) is 95.7 Å². The van der Waals surface area contributed by atoms with Gasteiger partial charge >= 0.3 is 13.5 Å². The minimum absolute atomic E-state index is 0.0786. The number of aliphatic hydroxyl groups is 2. The second-order valence-electron chi connectivity index (χ2n) is 11.6. The summed E-state index contributed by atoms with van der Waals surface area (Å²) in [5.41, 5.74) is -0.735. The summed E-state index contributed by atoms with van der Waals surface area (Å²) < 4.78 is 29.0. The highest BCUT2D eigenvalue weighted by molar-refractivity contribution is 7.47. The second kappa shape index (κ2) is 21.1. The van der Waals surface area contributed by atoms with Crippen molar-refractivity contribution in [1.82, 2.24) is 14.5 Å². The molecule has 13 heteroatoms. The molecule has 1 aromatic heterocycles. The summed E-state index contributed by atoms with van der Waals surface area (Å²) in [6, 6.07) is 1.46. The number of aliphatic imine (C=N–C) groups is 1. The zero-order valence-electron chi connectivity index (χ0n) is 26.4. The van der Waals surface area contributed by atoms with E-state index in [0.29, 0.717) is 6.42 Å². The quantitative estimate of drug-likeness (QED) is 0.0579. The molecule has 2 heterocycles. The normalized spacial score (nSPS) is 21.9. The maximum Gasteiger partial charge on any atom is 0.472 e. The summed E-state index contributed by atoms with van der Waals surface area (Å²) in [4.78, 5) is 32.0. The van der Waals surface area contributed by atoms with Gasteiger partial charge in [-0.15, -0.1) is 0 Å². The lowest BCUT2D eigenvalue weighted by Crippen LogP contribution is -2.36. The highest BCUT2D eigenvalue weighted by atomic mass is 31.2. The Balaban J connectivity index is 1.55. The summed E-state index contributed by atoms with van der Waals surface area (Å²) in [7, 11) is -0.833. The fraction of sp³-hybridized carbons (Fsp3) is 0.833. The van der Waals surface area contributed by atoms with E-state index in [2.05, 4.69) is 16.9 Å². The first-order chi connectivity index (χ1) is 20.6. The van der Waals surface area contributed by atoms with Crippen molar-refractivity contribution in [3.63, 3.8) is 0 Å². The second-order valence-corrected chi connectivity index (χ2v) is 13.1.